The van der Waals surface area contributed by atoms with Gasteiger partial charge in [-0.25, -0.2) is 0 Å². The van der Waals surface area contributed by atoms with Crippen molar-refractivity contribution >= 4 is 8.53 Å². The molecule has 0 aliphatic heterocycles. The molecule has 106 valence electrons. The van der Waals surface area contributed by atoms with Gasteiger partial charge in [0, 0.05) is 6.54 Å². The fourth-order valence-corrected chi connectivity index (χ4v) is 2.72. The van der Waals surface area contributed by atoms with Gasteiger partial charge in [-0.15, -0.1) is 0 Å². The van der Waals surface area contributed by atoms with Gasteiger partial charge in [0.15, 0.2) is 0 Å². The minimum Gasteiger partial charge on any atom is -0.317 e. The average Bonchev–Trinajstić information content (AvgIpc) is 2.52. The molecular formula is C16H20NO2P. The van der Waals surface area contributed by atoms with E-state index >= 15 is 0 Å². The molecule has 0 fully saturated rings. The molecule has 0 saturated carbocycles. The smallest absolute Gasteiger partial charge is 0.256 e. The Labute approximate surface area is 121 Å². The highest BCUT2D eigenvalue weighted by atomic mass is 31.2. The summed E-state index contributed by atoms with van der Waals surface area (Å²) in [7, 11) is -1.06. The van der Waals surface area contributed by atoms with Crippen LogP contribution in [0.5, 0.6) is 0 Å². The summed E-state index contributed by atoms with van der Waals surface area (Å²) < 4.78 is 11.6. The molecule has 0 spiro atoms. The van der Waals surface area contributed by atoms with Gasteiger partial charge in [-0.05, 0) is 11.1 Å². The Morgan fingerprint density at radius 1 is 0.800 bits per heavy atom. The second-order valence-corrected chi connectivity index (χ2v) is 5.63. The Hall–Kier alpha value is -1.25. The van der Waals surface area contributed by atoms with Gasteiger partial charge >= 0.3 is 0 Å². The van der Waals surface area contributed by atoms with Gasteiger partial charge < -0.3 is 9.05 Å². The predicted octanol–water partition coefficient (Wildman–Crippen LogP) is 4.26. The number of nitrogens with one attached hydrogen (secondary N) is 1. The maximum Gasteiger partial charge on any atom is 0.256 e. The van der Waals surface area contributed by atoms with Gasteiger partial charge in [0.2, 0.25) is 0 Å². The van der Waals surface area contributed by atoms with E-state index in [1.807, 2.05) is 43.3 Å². The summed E-state index contributed by atoms with van der Waals surface area (Å²) in [5, 5.41) is 3.24. The molecule has 0 radical (unpaired) electrons. The lowest BCUT2D eigenvalue weighted by atomic mass is 10.2. The lowest BCUT2D eigenvalue weighted by molar-refractivity contribution is 0.228. The Kier molecular flexibility index (Phi) is 6.69. The fourth-order valence-electron chi connectivity index (χ4n) is 1.67. The Morgan fingerprint density at radius 2 is 1.25 bits per heavy atom. The summed E-state index contributed by atoms with van der Waals surface area (Å²) in [6.45, 7) is 4.00. The molecule has 0 bridgehead atoms. The van der Waals surface area contributed by atoms with Crippen molar-refractivity contribution in [2.45, 2.75) is 20.1 Å². The molecule has 3 nitrogen and oxygen atoms in total. The molecule has 2 aromatic carbocycles. The van der Waals surface area contributed by atoms with Gasteiger partial charge in [-0.3, -0.25) is 5.09 Å². The van der Waals surface area contributed by atoms with E-state index in [-0.39, 0.29) is 0 Å². The summed E-state index contributed by atoms with van der Waals surface area (Å²) in [5.41, 5.74) is 2.31. The molecule has 0 aromatic heterocycles. The molecule has 4 heteroatoms. The number of hydrogen-bond acceptors (Lipinski definition) is 3. The van der Waals surface area contributed by atoms with Crippen molar-refractivity contribution in [1.29, 1.82) is 0 Å². The van der Waals surface area contributed by atoms with Crippen molar-refractivity contribution < 1.29 is 9.05 Å². The maximum atomic E-state index is 5.82. The van der Waals surface area contributed by atoms with Crippen molar-refractivity contribution in [2.24, 2.45) is 0 Å². The molecule has 2 aromatic rings. The van der Waals surface area contributed by atoms with Crippen LogP contribution in [0.2, 0.25) is 0 Å². The van der Waals surface area contributed by atoms with Gasteiger partial charge in [0.05, 0.1) is 13.2 Å². The van der Waals surface area contributed by atoms with Crippen LogP contribution in [0.15, 0.2) is 60.7 Å². The van der Waals surface area contributed by atoms with E-state index in [9.17, 15) is 0 Å². The van der Waals surface area contributed by atoms with Crippen LogP contribution in [0.3, 0.4) is 0 Å². The van der Waals surface area contributed by atoms with Gasteiger partial charge in [0.1, 0.15) is 0 Å². The number of benzene rings is 2. The third kappa shape index (κ3) is 5.40. The van der Waals surface area contributed by atoms with E-state index in [1.165, 1.54) is 0 Å². The second-order valence-electron chi connectivity index (χ2n) is 4.29. The third-order valence-electron chi connectivity index (χ3n) is 2.67. The number of hydrogen-bond donors (Lipinski definition) is 1. The summed E-state index contributed by atoms with van der Waals surface area (Å²) >= 11 is 0. The molecule has 0 amide bonds. The molecular weight excluding hydrogens is 269 g/mol. The quantitative estimate of drug-likeness (QED) is 0.737. The van der Waals surface area contributed by atoms with Crippen LogP contribution < -0.4 is 5.09 Å². The molecule has 0 heterocycles. The van der Waals surface area contributed by atoms with Gasteiger partial charge in [0.25, 0.3) is 8.53 Å². The van der Waals surface area contributed by atoms with Crippen LogP contribution in [-0.4, -0.2) is 6.54 Å². The molecule has 0 unspecified atom stereocenters. The molecule has 20 heavy (non-hydrogen) atoms. The average molecular weight is 289 g/mol. The van der Waals surface area contributed by atoms with Crippen LogP contribution in [0.4, 0.5) is 0 Å². The normalized spacial score (nSPS) is 10.9. The summed E-state index contributed by atoms with van der Waals surface area (Å²) in [6.07, 6.45) is 0. The Balaban J connectivity index is 1.81. The van der Waals surface area contributed by atoms with Crippen LogP contribution >= 0.6 is 8.53 Å². The molecule has 1 N–H and O–H groups in total. The van der Waals surface area contributed by atoms with E-state index in [0.717, 1.165) is 17.7 Å². The first-order valence-electron chi connectivity index (χ1n) is 6.76. The summed E-state index contributed by atoms with van der Waals surface area (Å²) in [6, 6.07) is 20.3. The van der Waals surface area contributed by atoms with Crippen molar-refractivity contribution in [3.05, 3.63) is 71.8 Å². The predicted molar refractivity (Wildman–Crippen MR) is 83.1 cm³/mol. The summed E-state index contributed by atoms with van der Waals surface area (Å²) in [4.78, 5) is 0. The van der Waals surface area contributed by atoms with E-state index in [0.29, 0.717) is 13.2 Å². The third-order valence-corrected chi connectivity index (χ3v) is 3.97. The molecule has 0 atom stereocenters. The van der Waals surface area contributed by atoms with Crippen molar-refractivity contribution in [3.63, 3.8) is 0 Å². The van der Waals surface area contributed by atoms with E-state index in [2.05, 4.69) is 29.4 Å². The first-order chi connectivity index (χ1) is 9.88. The van der Waals surface area contributed by atoms with E-state index in [4.69, 9.17) is 9.05 Å². The van der Waals surface area contributed by atoms with Gasteiger partial charge in [-0.1, -0.05) is 67.6 Å². The first kappa shape index (κ1) is 15.1. The van der Waals surface area contributed by atoms with Crippen molar-refractivity contribution in [2.75, 3.05) is 6.54 Å². The molecule has 0 aliphatic rings. The largest absolute Gasteiger partial charge is 0.317 e. The SMILES string of the molecule is CCNP(OCc1ccccc1)OCc1ccccc1. The Bertz CT molecular complexity index is 435. The highest BCUT2D eigenvalue weighted by Gasteiger charge is 2.09. The Morgan fingerprint density at radius 3 is 1.65 bits per heavy atom. The highest BCUT2D eigenvalue weighted by molar-refractivity contribution is 7.44. The number of rotatable bonds is 8. The van der Waals surface area contributed by atoms with Gasteiger partial charge in [-0.2, -0.15) is 0 Å². The van der Waals surface area contributed by atoms with E-state index in [1.54, 1.807) is 0 Å². The zero-order valence-corrected chi connectivity index (χ0v) is 12.6. The van der Waals surface area contributed by atoms with Crippen molar-refractivity contribution in [3.8, 4) is 0 Å². The van der Waals surface area contributed by atoms with Crippen LogP contribution in [0.25, 0.3) is 0 Å². The minimum atomic E-state index is -1.06. The zero-order chi connectivity index (χ0) is 14.0. The van der Waals surface area contributed by atoms with E-state index < -0.39 is 8.53 Å². The monoisotopic (exact) mass is 289 g/mol. The highest BCUT2D eigenvalue weighted by Crippen LogP contribution is 2.35. The molecule has 0 saturated heterocycles. The van der Waals surface area contributed by atoms with Crippen LogP contribution in [-0.2, 0) is 22.3 Å². The van der Waals surface area contributed by atoms with Crippen molar-refractivity contribution in [1.82, 2.24) is 5.09 Å². The zero-order valence-electron chi connectivity index (χ0n) is 11.7. The lowest BCUT2D eigenvalue weighted by Crippen LogP contribution is -2.10. The fraction of sp³-hybridized carbons (Fsp3) is 0.250. The topological polar surface area (TPSA) is 30.5 Å². The molecule has 2 rings (SSSR count). The lowest BCUT2D eigenvalue weighted by Gasteiger charge is -2.17. The van der Waals surface area contributed by atoms with Crippen LogP contribution in [0, 0.1) is 0 Å². The molecule has 0 aliphatic carbocycles. The maximum absolute atomic E-state index is 5.82. The van der Waals surface area contributed by atoms with Crippen LogP contribution in [0.1, 0.15) is 18.1 Å². The minimum absolute atomic E-state index is 0.564. The second kappa shape index (κ2) is 8.83. The standard InChI is InChI=1S/C16H20NO2P/c1-2-17-20(18-13-15-9-5-3-6-10-15)19-14-16-11-7-4-8-12-16/h3-12,17H,2,13-14H2,1H3. The first-order valence-corrected chi connectivity index (χ1v) is 7.93. The summed E-state index contributed by atoms with van der Waals surface area (Å²) in [5.74, 6) is 0.